The number of fused-ring (bicyclic) bond motifs is 1. The molecule has 0 saturated carbocycles. The van der Waals surface area contributed by atoms with Gasteiger partial charge in [0.15, 0.2) is 0 Å². The summed E-state index contributed by atoms with van der Waals surface area (Å²) in [5.74, 6) is 0.910. The maximum absolute atomic E-state index is 13.1. The molecular formula is C20H23ClN4O2. The number of anilines is 1. The fraction of sp³-hybridized carbons (Fsp3) is 0.450. The van der Waals surface area contributed by atoms with Crippen LogP contribution in [0.3, 0.4) is 0 Å². The molecule has 1 saturated heterocycles. The molecule has 1 fully saturated rings. The zero-order valence-corrected chi connectivity index (χ0v) is 16.6. The zero-order valence-electron chi connectivity index (χ0n) is 15.8. The monoisotopic (exact) mass is 386 g/mol. The third-order valence-electron chi connectivity index (χ3n) is 5.59. The van der Waals surface area contributed by atoms with Crippen molar-refractivity contribution in [3.05, 3.63) is 46.0 Å². The molecule has 7 heteroatoms. The molecule has 2 aliphatic heterocycles. The molecule has 0 aliphatic carbocycles. The van der Waals surface area contributed by atoms with Crippen LogP contribution in [0.5, 0.6) is 5.75 Å². The average molecular weight is 387 g/mol. The predicted molar refractivity (Wildman–Crippen MR) is 104 cm³/mol. The Morgan fingerprint density at radius 2 is 2.11 bits per heavy atom. The first kappa shape index (κ1) is 18.0. The largest absolute Gasteiger partial charge is 0.495 e. The van der Waals surface area contributed by atoms with Gasteiger partial charge in [-0.15, -0.1) is 0 Å². The summed E-state index contributed by atoms with van der Waals surface area (Å²) >= 11 is 6.34. The molecule has 27 heavy (non-hydrogen) atoms. The Balaban J connectivity index is 1.46. The normalized spacial score (nSPS) is 18.7. The second kappa shape index (κ2) is 7.00. The van der Waals surface area contributed by atoms with Gasteiger partial charge in [-0.2, -0.15) is 0 Å². The van der Waals surface area contributed by atoms with Gasteiger partial charge in [0.2, 0.25) is 5.91 Å². The van der Waals surface area contributed by atoms with Gasteiger partial charge < -0.3 is 14.5 Å². The van der Waals surface area contributed by atoms with Crippen molar-refractivity contribution in [3.63, 3.8) is 0 Å². The fourth-order valence-corrected chi connectivity index (χ4v) is 4.17. The summed E-state index contributed by atoms with van der Waals surface area (Å²) in [4.78, 5) is 26.0. The minimum Gasteiger partial charge on any atom is -0.495 e. The highest BCUT2D eigenvalue weighted by atomic mass is 35.5. The van der Waals surface area contributed by atoms with Crippen LogP contribution < -0.4 is 9.64 Å². The van der Waals surface area contributed by atoms with Crippen molar-refractivity contribution < 1.29 is 9.53 Å². The predicted octanol–water partition coefficient (Wildman–Crippen LogP) is 3.12. The summed E-state index contributed by atoms with van der Waals surface area (Å²) in [6, 6.07) is 1.96. The molecule has 1 unspecified atom stereocenters. The van der Waals surface area contributed by atoms with Crippen LogP contribution in [0.1, 0.15) is 28.9 Å². The van der Waals surface area contributed by atoms with Crippen LogP contribution in [-0.2, 0) is 17.9 Å². The Kier molecular flexibility index (Phi) is 4.68. The SMILES string of the molecule is COc1cncc(N2CCC(C(=O)N3Cc4nc(C)c(Cl)c(C)c4C3)C2)c1. The highest BCUT2D eigenvalue weighted by molar-refractivity contribution is 6.32. The first-order chi connectivity index (χ1) is 13.0. The van der Waals surface area contributed by atoms with Gasteiger partial charge in [0.25, 0.3) is 0 Å². The molecule has 2 aromatic heterocycles. The third-order valence-corrected chi connectivity index (χ3v) is 6.15. The molecule has 0 spiro atoms. The summed E-state index contributed by atoms with van der Waals surface area (Å²) in [5, 5.41) is 0.709. The number of carbonyl (C=O) groups is 1. The smallest absolute Gasteiger partial charge is 0.228 e. The lowest BCUT2D eigenvalue weighted by molar-refractivity contribution is -0.135. The van der Waals surface area contributed by atoms with E-state index in [1.807, 2.05) is 31.0 Å². The number of hydrogen-bond donors (Lipinski definition) is 0. The van der Waals surface area contributed by atoms with Crippen molar-refractivity contribution in [2.24, 2.45) is 5.92 Å². The first-order valence-corrected chi connectivity index (χ1v) is 9.53. The summed E-state index contributed by atoms with van der Waals surface area (Å²) in [7, 11) is 1.63. The van der Waals surface area contributed by atoms with Crippen LogP contribution in [0.25, 0.3) is 0 Å². The molecule has 6 nitrogen and oxygen atoms in total. The number of hydrogen-bond acceptors (Lipinski definition) is 5. The second-order valence-electron chi connectivity index (χ2n) is 7.27. The number of ether oxygens (including phenoxy) is 1. The number of methoxy groups -OCH3 is 1. The topological polar surface area (TPSA) is 58.6 Å². The molecule has 0 radical (unpaired) electrons. The molecule has 0 N–H and O–H groups in total. The van der Waals surface area contributed by atoms with Crippen molar-refractivity contribution >= 4 is 23.2 Å². The van der Waals surface area contributed by atoms with Gasteiger partial charge in [0.1, 0.15) is 5.75 Å². The summed E-state index contributed by atoms with van der Waals surface area (Å²) in [6.07, 6.45) is 4.35. The molecule has 1 amide bonds. The molecular weight excluding hydrogens is 364 g/mol. The number of aryl methyl sites for hydroxylation is 1. The molecule has 2 aliphatic rings. The van der Waals surface area contributed by atoms with Crippen molar-refractivity contribution in [3.8, 4) is 5.75 Å². The zero-order chi connectivity index (χ0) is 19.1. The summed E-state index contributed by atoms with van der Waals surface area (Å²) < 4.78 is 5.25. The second-order valence-corrected chi connectivity index (χ2v) is 7.65. The minimum atomic E-state index is -0.0117. The molecule has 1 atom stereocenters. The van der Waals surface area contributed by atoms with E-state index in [2.05, 4.69) is 14.9 Å². The maximum atomic E-state index is 13.1. The van der Waals surface area contributed by atoms with Gasteiger partial charge in [-0.1, -0.05) is 11.6 Å². The van der Waals surface area contributed by atoms with E-state index in [-0.39, 0.29) is 11.8 Å². The van der Waals surface area contributed by atoms with E-state index in [1.165, 1.54) is 0 Å². The molecule has 0 aromatic carbocycles. The van der Waals surface area contributed by atoms with Crippen molar-refractivity contribution in [1.82, 2.24) is 14.9 Å². The van der Waals surface area contributed by atoms with Gasteiger partial charge in [-0.3, -0.25) is 14.8 Å². The van der Waals surface area contributed by atoms with Crippen LogP contribution in [0.15, 0.2) is 18.5 Å². The van der Waals surface area contributed by atoms with Gasteiger partial charge in [-0.05, 0) is 31.4 Å². The first-order valence-electron chi connectivity index (χ1n) is 9.15. The van der Waals surface area contributed by atoms with E-state index in [4.69, 9.17) is 16.3 Å². The minimum absolute atomic E-state index is 0.0117. The lowest BCUT2D eigenvalue weighted by Gasteiger charge is -2.21. The fourth-order valence-electron chi connectivity index (χ4n) is 4.01. The highest BCUT2D eigenvalue weighted by Crippen LogP contribution is 2.33. The van der Waals surface area contributed by atoms with E-state index in [0.717, 1.165) is 46.9 Å². The molecule has 0 bridgehead atoms. The Labute approximate surface area is 164 Å². The van der Waals surface area contributed by atoms with Crippen LogP contribution in [0, 0.1) is 19.8 Å². The summed E-state index contributed by atoms with van der Waals surface area (Å²) in [6.45, 7) is 6.64. The number of amides is 1. The van der Waals surface area contributed by atoms with Crippen molar-refractivity contribution in [2.75, 3.05) is 25.1 Å². The quantitative estimate of drug-likeness (QED) is 0.811. The van der Waals surface area contributed by atoms with Crippen LogP contribution in [0.2, 0.25) is 5.02 Å². The number of pyridine rings is 2. The van der Waals surface area contributed by atoms with Crippen molar-refractivity contribution in [1.29, 1.82) is 0 Å². The van der Waals surface area contributed by atoms with E-state index in [0.29, 0.717) is 24.7 Å². The number of carbonyl (C=O) groups excluding carboxylic acids is 1. The lowest BCUT2D eigenvalue weighted by Crippen LogP contribution is -2.34. The Hall–Kier alpha value is -2.34. The number of rotatable bonds is 3. The van der Waals surface area contributed by atoms with Gasteiger partial charge >= 0.3 is 0 Å². The number of aromatic nitrogens is 2. The van der Waals surface area contributed by atoms with E-state index >= 15 is 0 Å². The van der Waals surface area contributed by atoms with E-state index in [1.54, 1.807) is 13.3 Å². The number of nitrogens with zero attached hydrogens (tertiary/aromatic N) is 4. The molecule has 142 valence electrons. The summed E-state index contributed by atoms with van der Waals surface area (Å²) in [5.41, 5.74) is 4.96. The van der Waals surface area contributed by atoms with Crippen molar-refractivity contribution in [2.45, 2.75) is 33.4 Å². The van der Waals surface area contributed by atoms with Gasteiger partial charge in [0.05, 0.1) is 54.1 Å². The third kappa shape index (κ3) is 3.23. The average Bonchev–Trinajstić information content (AvgIpc) is 3.33. The van der Waals surface area contributed by atoms with E-state index in [9.17, 15) is 4.79 Å². The highest BCUT2D eigenvalue weighted by Gasteiger charge is 2.35. The maximum Gasteiger partial charge on any atom is 0.228 e. The molecule has 2 aromatic rings. The van der Waals surface area contributed by atoms with Crippen LogP contribution in [-0.4, -0.2) is 41.0 Å². The van der Waals surface area contributed by atoms with Gasteiger partial charge in [-0.25, -0.2) is 0 Å². The Bertz CT molecular complexity index is 902. The van der Waals surface area contributed by atoms with Crippen LogP contribution >= 0.6 is 11.6 Å². The number of halogens is 1. The Morgan fingerprint density at radius 3 is 2.89 bits per heavy atom. The lowest BCUT2D eigenvalue weighted by atomic mass is 10.1. The standard InChI is InChI=1S/C20H23ClN4O2/c1-12-17-10-25(11-18(17)23-13(2)19(12)21)20(26)14-4-5-24(9-14)15-6-16(27-3)8-22-7-15/h6-8,14H,4-5,9-11H2,1-3H3. The molecule has 4 rings (SSSR count). The van der Waals surface area contributed by atoms with Crippen LogP contribution in [0.4, 0.5) is 5.69 Å². The van der Waals surface area contributed by atoms with E-state index < -0.39 is 0 Å². The van der Waals surface area contributed by atoms with Gasteiger partial charge in [0, 0.05) is 25.7 Å². The molecule has 4 heterocycles. The Morgan fingerprint density at radius 1 is 1.30 bits per heavy atom.